The first-order chi connectivity index (χ1) is 9.58. The predicted octanol–water partition coefficient (Wildman–Crippen LogP) is 3.56. The largest absolute Gasteiger partial charge is 0.350 e. The molecule has 1 aliphatic heterocycles. The summed E-state index contributed by atoms with van der Waals surface area (Å²) in [7, 11) is 0. The lowest BCUT2D eigenvalue weighted by Crippen LogP contribution is -2.27. The summed E-state index contributed by atoms with van der Waals surface area (Å²) in [6, 6.07) is 5.35. The van der Waals surface area contributed by atoms with Gasteiger partial charge < -0.3 is 10.6 Å². The van der Waals surface area contributed by atoms with Gasteiger partial charge in [0.1, 0.15) is 0 Å². The molecule has 1 aromatic carbocycles. The molecule has 2 unspecified atom stereocenters. The summed E-state index contributed by atoms with van der Waals surface area (Å²) in [6.07, 6.45) is 2.67. The Morgan fingerprint density at radius 3 is 3.00 bits per heavy atom. The number of amides is 1. The molecule has 5 heteroatoms. The van der Waals surface area contributed by atoms with Crippen molar-refractivity contribution in [3.8, 4) is 0 Å². The molecule has 2 N–H and O–H groups in total. The third-order valence-corrected chi connectivity index (χ3v) is 4.60. The lowest BCUT2D eigenvalue weighted by molar-refractivity contribution is -0.122. The van der Waals surface area contributed by atoms with Gasteiger partial charge in [-0.2, -0.15) is 0 Å². The standard InChI is InChI=1S/C15H20Cl2N2O/c1-10(12-3-2-4-13(16)15(12)17)19-14(20)6-5-11-7-8-18-9-11/h2-4,10-11,18H,5-9H2,1H3,(H,19,20). The van der Waals surface area contributed by atoms with Crippen molar-refractivity contribution in [3.63, 3.8) is 0 Å². The molecule has 3 nitrogen and oxygen atoms in total. The first-order valence-electron chi connectivity index (χ1n) is 7.02. The number of carbonyl (C=O) groups excluding carboxylic acids is 1. The molecule has 2 rings (SSSR count). The second kappa shape index (κ2) is 7.30. The van der Waals surface area contributed by atoms with Gasteiger partial charge in [0, 0.05) is 6.42 Å². The number of carbonyl (C=O) groups is 1. The highest BCUT2D eigenvalue weighted by Crippen LogP contribution is 2.29. The molecule has 1 aromatic rings. The topological polar surface area (TPSA) is 41.1 Å². The van der Waals surface area contributed by atoms with E-state index >= 15 is 0 Å². The van der Waals surface area contributed by atoms with E-state index in [-0.39, 0.29) is 11.9 Å². The molecule has 0 aliphatic carbocycles. The molecule has 2 atom stereocenters. The van der Waals surface area contributed by atoms with Crippen LogP contribution in [0, 0.1) is 5.92 Å². The van der Waals surface area contributed by atoms with E-state index in [1.807, 2.05) is 19.1 Å². The van der Waals surface area contributed by atoms with Crippen LogP contribution < -0.4 is 10.6 Å². The minimum Gasteiger partial charge on any atom is -0.350 e. The molecule has 0 spiro atoms. The summed E-state index contributed by atoms with van der Waals surface area (Å²) in [5.74, 6) is 0.700. The fourth-order valence-electron chi connectivity index (χ4n) is 2.54. The average molecular weight is 315 g/mol. The quantitative estimate of drug-likeness (QED) is 0.872. The lowest BCUT2D eigenvalue weighted by atomic mass is 10.0. The number of hydrogen-bond donors (Lipinski definition) is 2. The van der Waals surface area contributed by atoms with Gasteiger partial charge in [0.15, 0.2) is 0 Å². The number of benzene rings is 1. The summed E-state index contributed by atoms with van der Waals surface area (Å²) < 4.78 is 0. The van der Waals surface area contributed by atoms with Crippen molar-refractivity contribution in [2.75, 3.05) is 13.1 Å². The Balaban J connectivity index is 1.85. The maximum atomic E-state index is 12.0. The van der Waals surface area contributed by atoms with Crippen LogP contribution in [-0.2, 0) is 4.79 Å². The lowest BCUT2D eigenvalue weighted by Gasteiger charge is -2.17. The van der Waals surface area contributed by atoms with Crippen LogP contribution in [0.3, 0.4) is 0 Å². The molecule has 1 saturated heterocycles. The van der Waals surface area contributed by atoms with Gasteiger partial charge in [-0.05, 0) is 50.4 Å². The molecule has 0 saturated carbocycles. The van der Waals surface area contributed by atoms with Crippen molar-refractivity contribution in [1.29, 1.82) is 0 Å². The molecular weight excluding hydrogens is 295 g/mol. The van der Waals surface area contributed by atoms with Gasteiger partial charge in [-0.25, -0.2) is 0 Å². The second-order valence-corrected chi connectivity index (χ2v) is 6.11. The molecule has 20 heavy (non-hydrogen) atoms. The summed E-state index contributed by atoms with van der Waals surface area (Å²) in [4.78, 5) is 12.0. The number of hydrogen-bond acceptors (Lipinski definition) is 2. The fourth-order valence-corrected chi connectivity index (χ4v) is 3.01. The monoisotopic (exact) mass is 314 g/mol. The normalized spacial score (nSPS) is 19.9. The SMILES string of the molecule is CC(NC(=O)CCC1CCNC1)c1cccc(Cl)c1Cl. The van der Waals surface area contributed by atoms with Crippen molar-refractivity contribution < 1.29 is 4.79 Å². The van der Waals surface area contributed by atoms with E-state index in [9.17, 15) is 4.79 Å². The smallest absolute Gasteiger partial charge is 0.220 e. The summed E-state index contributed by atoms with van der Waals surface area (Å²) in [5, 5.41) is 7.33. The Hall–Kier alpha value is -0.770. The van der Waals surface area contributed by atoms with Crippen molar-refractivity contribution in [3.05, 3.63) is 33.8 Å². The van der Waals surface area contributed by atoms with Gasteiger partial charge in [-0.15, -0.1) is 0 Å². The summed E-state index contributed by atoms with van der Waals surface area (Å²) in [5.41, 5.74) is 0.857. The first-order valence-corrected chi connectivity index (χ1v) is 7.77. The molecular formula is C15H20Cl2N2O. The van der Waals surface area contributed by atoms with Crippen LogP contribution in [0.25, 0.3) is 0 Å². The van der Waals surface area contributed by atoms with Crippen LogP contribution in [-0.4, -0.2) is 19.0 Å². The van der Waals surface area contributed by atoms with Crippen LogP contribution >= 0.6 is 23.2 Å². The fraction of sp³-hybridized carbons (Fsp3) is 0.533. The van der Waals surface area contributed by atoms with Crippen molar-refractivity contribution in [1.82, 2.24) is 10.6 Å². The molecule has 1 aliphatic rings. The molecule has 110 valence electrons. The Morgan fingerprint density at radius 2 is 2.30 bits per heavy atom. The van der Waals surface area contributed by atoms with E-state index in [0.29, 0.717) is 22.4 Å². The molecule has 1 fully saturated rings. The molecule has 0 bridgehead atoms. The van der Waals surface area contributed by atoms with E-state index in [0.717, 1.165) is 25.1 Å². The maximum absolute atomic E-state index is 12.0. The molecule has 1 amide bonds. The van der Waals surface area contributed by atoms with Crippen molar-refractivity contribution in [2.24, 2.45) is 5.92 Å². The Kier molecular flexibility index (Phi) is 5.70. The highest BCUT2D eigenvalue weighted by Gasteiger charge is 2.18. The molecule has 0 aromatic heterocycles. The van der Waals surface area contributed by atoms with Crippen LogP contribution in [0.2, 0.25) is 10.0 Å². The van der Waals surface area contributed by atoms with Gasteiger partial charge in [0.2, 0.25) is 5.91 Å². The van der Waals surface area contributed by atoms with Crippen LogP contribution in [0.5, 0.6) is 0 Å². The zero-order valence-corrected chi connectivity index (χ0v) is 13.1. The number of nitrogens with one attached hydrogen (secondary N) is 2. The van der Waals surface area contributed by atoms with Crippen LogP contribution in [0.15, 0.2) is 18.2 Å². The van der Waals surface area contributed by atoms with Gasteiger partial charge in [0.05, 0.1) is 16.1 Å². The minimum atomic E-state index is -0.129. The Labute approximate surface area is 130 Å². The van der Waals surface area contributed by atoms with Crippen LogP contribution in [0.4, 0.5) is 0 Å². The van der Waals surface area contributed by atoms with E-state index < -0.39 is 0 Å². The third-order valence-electron chi connectivity index (χ3n) is 3.77. The summed E-state index contributed by atoms with van der Waals surface area (Å²) in [6.45, 7) is 4.02. The van der Waals surface area contributed by atoms with Gasteiger partial charge >= 0.3 is 0 Å². The first kappa shape index (κ1) is 15.6. The molecule has 1 heterocycles. The Morgan fingerprint density at radius 1 is 1.50 bits per heavy atom. The van der Waals surface area contributed by atoms with Gasteiger partial charge in [0.25, 0.3) is 0 Å². The highest BCUT2D eigenvalue weighted by molar-refractivity contribution is 6.42. The van der Waals surface area contributed by atoms with Gasteiger partial charge in [-0.1, -0.05) is 35.3 Å². The zero-order valence-electron chi connectivity index (χ0n) is 11.6. The van der Waals surface area contributed by atoms with Crippen LogP contribution in [0.1, 0.15) is 37.8 Å². The third kappa shape index (κ3) is 4.11. The van der Waals surface area contributed by atoms with Crippen molar-refractivity contribution >= 4 is 29.1 Å². The van der Waals surface area contributed by atoms with Crippen molar-refractivity contribution in [2.45, 2.75) is 32.2 Å². The minimum absolute atomic E-state index is 0.0699. The predicted molar refractivity (Wildman–Crippen MR) is 83.2 cm³/mol. The second-order valence-electron chi connectivity index (χ2n) is 5.33. The Bertz CT molecular complexity index is 473. The summed E-state index contributed by atoms with van der Waals surface area (Å²) >= 11 is 12.2. The molecule has 0 radical (unpaired) electrons. The number of rotatable bonds is 5. The van der Waals surface area contributed by atoms with E-state index in [1.165, 1.54) is 6.42 Å². The highest BCUT2D eigenvalue weighted by atomic mass is 35.5. The van der Waals surface area contributed by atoms with E-state index in [2.05, 4.69) is 10.6 Å². The number of halogens is 2. The maximum Gasteiger partial charge on any atom is 0.220 e. The van der Waals surface area contributed by atoms with E-state index in [4.69, 9.17) is 23.2 Å². The van der Waals surface area contributed by atoms with Gasteiger partial charge in [-0.3, -0.25) is 4.79 Å². The zero-order chi connectivity index (χ0) is 14.5. The average Bonchev–Trinajstić information content (AvgIpc) is 2.92. The van der Waals surface area contributed by atoms with E-state index in [1.54, 1.807) is 6.07 Å².